The molecule has 3 rings (SSSR count). The molecular formula is C16H14BrN5O2. The standard InChI is InChI=1S/C16H14BrN5O2/c1-10-7-11(3-6-15(10)22-9-18-20-21-22)19-16(23)13-8-12(24-2)4-5-14(13)17/h3-9H,1-2H3,(H,19,23). The van der Waals surface area contributed by atoms with Gasteiger partial charge in [-0.25, -0.2) is 4.68 Å². The topological polar surface area (TPSA) is 81.9 Å². The molecule has 0 atom stereocenters. The second kappa shape index (κ2) is 6.79. The molecule has 2 aromatic carbocycles. The average molecular weight is 388 g/mol. The van der Waals surface area contributed by atoms with Crippen molar-refractivity contribution in [2.75, 3.05) is 12.4 Å². The van der Waals surface area contributed by atoms with Crippen LogP contribution in [0.15, 0.2) is 47.2 Å². The summed E-state index contributed by atoms with van der Waals surface area (Å²) in [5, 5.41) is 14.0. The van der Waals surface area contributed by atoms with E-state index in [1.165, 1.54) is 6.33 Å². The van der Waals surface area contributed by atoms with Crippen LogP contribution in [0.1, 0.15) is 15.9 Å². The number of carbonyl (C=O) groups excluding carboxylic acids is 1. The van der Waals surface area contributed by atoms with E-state index in [-0.39, 0.29) is 5.91 Å². The van der Waals surface area contributed by atoms with Gasteiger partial charge in [0.25, 0.3) is 5.91 Å². The van der Waals surface area contributed by atoms with Gasteiger partial charge in [0.1, 0.15) is 12.1 Å². The van der Waals surface area contributed by atoms with Crippen LogP contribution < -0.4 is 10.1 Å². The third-order valence-corrected chi connectivity index (χ3v) is 4.16. The maximum atomic E-state index is 12.5. The molecule has 0 bridgehead atoms. The van der Waals surface area contributed by atoms with E-state index in [0.717, 1.165) is 11.3 Å². The molecule has 1 aromatic heterocycles. The van der Waals surface area contributed by atoms with Gasteiger partial charge in [-0.15, -0.1) is 5.10 Å². The summed E-state index contributed by atoms with van der Waals surface area (Å²) < 4.78 is 7.43. The van der Waals surface area contributed by atoms with Crippen LogP contribution in [0.3, 0.4) is 0 Å². The molecule has 7 nitrogen and oxygen atoms in total. The van der Waals surface area contributed by atoms with Crippen molar-refractivity contribution >= 4 is 27.5 Å². The summed E-state index contributed by atoms with van der Waals surface area (Å²) in [4.78, 5) is 12.5. The lowest BCUT2D eigenvalue weighted by molar-refractivity contribution is 0.102. The highest BCUT2D eigenvalue weighted by atomic mass is 79.9. The highest BCUT2D eigenvalue weighted by molar-refractivity contribution is 9.10. The summed E-state index contributed by atoms with van der Waals surface area (Å²) in [6.45, 7) is 1.92. The summed E-state index contributed by atoms with van der Waals surface area (Å²) in [7, 11) is 1.56. The van der Waals surface area contributed by atoms with Crippen LogP contribution >= 0.6 is 15.9 Å². The normalized spacial score (nSPS) is 10.5. The van der Waals surface area contributed by atoms with E-state index in [4.69, 9.17) is 4.74 Å². The Morgan fingerprint density at radius 2 is 2.08 bits per heavy atom. The molecule has 0 fully saturated rings. The van der Waals surface area contributed by atoms with Gasteiger partial charge in [-0.05, 0) is 75.2 Å². The highest BCUT2D eigenvalue weighted by Gasteiger charge is 2.12. The number of rotatable bonds is 4. The lowest BCUT2D eigenvalue weighted by Gasteiger charge is -2.11. The first-order chi connectivity index (χ1) is 11.6. The quantitative estimate of drug-likeness (QED) is 0.743. The zero-order valence-electron chi connectivity index (χ0n) is 13.0. The Morgan fingerprint density at radius 1 is 1.25 bits per heavy atom. The van der Waals surface area contributed by atoms with Crippen LogP contribution in [-0.4, -0.2) is 33.2 Å². The van der Waals surface area contributed by atoms with Crippen molar-refractivity contribution in [2.24, 2.45) is 0 Å². The van der Waals surface area contributed by atoms with Crippen LogP contribution in [0.4, 0.5) is 5.69 Å². The summed E-state index contributed by atoms with van der Waals surface area (Å²) in [6, 6.07) is 10.8. The molecule has 122 valence electrons. The average Bonchev–Trinajstić information content (AvgIpc) is 3.09. The third-order valence-electron chi connectivity index (χ3n) is 3.47. The van der Waals surface area contributed by atoms with Crippen LogP contribution in [-0.2, 0) is 0 Å². The predicted octanol–water partition coefficient (Wildman–Crippen LogP) is 2.99. The van der Waals surface area contributed by atoms with Crippen molar-refractivity contribution in [1.29, 1.82) is 0 Å². The maximum Gasteiger partial charge on any atom is 0.256 e. The number of benzene rings is 2. The van der Waals surface area contributed by atoms with Crippen molar-refractivity contribution in [1.82, 2.24) is 20.2 Å². The van der Waals surface area contributed by atoms with Crippen molar-refractivity contribution in [3.8, 4) is 11.4 Å². The number of hydrogen-bond acceptors (Lipinski definition) is 5. The molecule has 1 heterocycles. The van der Waals surface area contributed by atoms with Crippen LogP contribution in [0.5, 0.6) is 5.75 Å². The Bertz CT molecular complexity index is 880. The number of halogens is 1. The molecule has 1 amide bonds. The molecule has 0 unspecified atom stereocenters. The maximum absolute atomic E-state index is 12.5. The number of amides is 1. The Labute approximate surface area is 146 Å². The second-order valence-corrected chi connectivity index (χ2v) is 5.91. The molecule has 0 radical (unpaired) electrons. The summed E-state index contributed by atoms with van der Waals surface area (Å²) in [5.74, 6) is 0.393. The van der Waals surface area contributed by atoms with Gasteiger partial charge in [-0.2, -0.15) is 0 Å². The SMILES string of the molecule is COc1ccc(Br)c(C(=O)Nc2ccc(-n3cnnn3)c(C)c2)c1. The first-order valence-electron chi connectivity index (χ1n) is 7.07. The molecule has 0 spiro atoms. The van der Waals surface area contributed by atoms with Gasteiger partial charge in [0.2, 0.25) is 0 Å². The van der Waals surface area contributed by atoms with E-state index in [2.05, 4.69) is 36.8 Å². The number of methoxy groups -OCH3 is 1. The van der Waals surface area contributed by atoms with Crippen molar-refractivity contribution < 1.29 is 9.53 Å². The van der Waals surface area contributed by atoms with Gasteiger partial charge in [-0.1, -0.05) is 0 Å². The van der Waals surface area contributed by atoms with Gasteiger partial charge in [-0.3, -0.25) is 4.79 Å². The van der Waals surface area contributed by atoms with Gasteiger partial charge in [0.05, 0.1) is 18.4 Å². The number of carbonyl (C=O) groups is 1. The van der Waals surface area contributed by atoms with E-state index >= 15 is 0 Å². The number of hydrogen-bond donors (Lipinski definition) is 1. The van der Waals surface area contributed by atoms with Gasteiger partial charge < -0.3 is 10.1 Å². The molecule has 24 heavy (non-hydrogen) atoms. The van der Waals surface area contributed by atoms with E-state index in [9.17, 15) is 4.79 Å². The Balaban J connectivity index is 1.84. The van der Waals surface area contributed by atoms with Crippen molar-refractivity contribution in [3.63, 3.8) is 0 Å². The summed E-state index contributed by atoms with van der Waals surface area (Å²) >= 11 is 3.38. The highest BCUT2D eigenvalue weighted by Crippen LogP contribution is 2.24. The van der Waals surface area contributed by atoms with Crippen molar-refractivity contribution in [2.45, 2.75) is 6.92 Å². The first kappa shape index (κ1) is 16.1. The molecule has 0 aliphatic rings. The number of aromatic nitrogens is 4. The van der Waals surface area contributed by atoms with Crippen LogP contribution in [0, 0.1) is 6.92 Å². The number of tetrazole rings is 1. The number of aryl methyl sites for hydroxylation is 1. The van der Waals surface area contributed by atoms with Gasteiger partial charge in [0, 0.05) is 10.2 Å². The Morgan fingerprint density at radius 3 is 2.75 bits per heavy atom. The van der Waals surface area contributed by atoms with E-state index in [1.54, 1.807) is 36.1 Å². The summed E-state index contributed by atoms with van der Waals surface area (Å²) in [6.07, 6.45) is 1.52. The Hall–Kier alpha value is -2.74. The molecule has 8 heteroatoms. The van der Waals surface area contributed by atoms with Crippen LogP contribution in [0.25, 0.3) is 5.69 Å². The fourth-order valence-electron chi connectivity index (χ4n) is 2.27. The summed E-state index contributed by atoms with van der Waals surface area (Å²) in [5.41, 5.74) is 2.96. The zero-order chi connectivity index (χ0) is 17.1. The third kappa shape index (κ3) is 3.28. The predicted molar refractivity (Wildman–Crippen MR) is 92.5 cm³/mol. The fourth-order valence-corrected chi connectivity index (χ4v) is 2.69. The van der Waals surface area contributed by atoms with Crippen LogP contribution in [0.2, 0.25) is 0 Å². The minimum atomic E-state index is -0.227. The number of ether oxygens (including phenoxy) is 1. The lowest BCUT2D eigenvalue weighted by Crippen LogP contribution is -2.13. The van der Waals surface area contributed by atoms with Gasteiger partial charge in [0.15, 0.2) is 0 Å². The van der Waals surface area contributed by atoms with E-state index < -0.39 is 0 Å². The smallest absolute Gasteiger partial charge is 0.256 e. The van der Waals surface area contributed by atoms with E-state index in [0.29, 0.717) is 21.5 Å². The molecule has 1 N–H and O–H groups in total. The zero-order valence-corrected chi connectivity index (χ0v) is 14.6. The minimum absolute atomic E-state index is 0.227. The molecule has 0 aliphatic carbocycles. The van der Waals surface area contributed by atoms with Crippen molar-refractivity contribution in [3.05, 3.63) is 58.3 Å². The minimum Gasteiger partial charge on any atom is -0.497 e. The second-order valence-electron chi connectivity index (χ2n) is 5.06. The number of nitrogens with one attached hydrogen (secondary N) is 1. The molecule has 0 saturated heterocycles. The molecular weight excluding hydrogens is 374 g/mol. The first-order valence-corrected chi connectivity index (χ1v) is 7.86. The monoisotopic (exact) mass is 387 g/mol. The molecule has 3 aromatic rings. The number of nitrogens with zero attached hydrogens (tertiary/aromatic N) is 4. The molecule has 0 aliphatic heterocycles. The van der Waals surface area contributed by atoms with Gasteiger partial charge >= 0.3 is 0 Å². The molecule has 0 saturated carbocycles. The van der Waals surface area contributed by atoms with E-state index in [1.807, 2.05) is 19.1 Å². The fraction of sp³-hybridized carbons (Fsp3) is 0.125. The largest absolute Gasteiger partial charge is 0.497 e. The lowest BCUT2D eigenvalue weighted by atomic mass is 10.1. The Kier molecular flexibility index (Phi) is 4.57. The number of anilines is 1.